The van der Waals surface area contributed by atoms with E-state index in [0.717, 1.165) is 30.4 Å². The fourth-order valence-electron chi connectivity index (χ4n) is 3.30. The van der Waals surface area contributed by atoms with Gasteiger partial charge in [0, 0.05) is 25.4 Å². The molecular formula is C22H28N2O6S. The molecule has 0 radical (unpaired) electrons. The summed E-state index contributed by atoms with van der Waals surface area (Å²) < 4.78 is 38.6. The highest BCUT2D eigenvalue weighted by atomic mass is 32.2. The van der Waals surface area contributed by atoms with Crippen molar-refractivity contribution in [2.45, 2.75) is 32.4 Å². The zero-order valence-electron chi connectivity index (χ0n) is 17.7. The van der Waals surface area contributed by atoms with Gasteiger partial charge >= 0.3 is 16.1 Å². The van der Waals surface area contributed by atoms with E-state index in [2.05, 4.69) is 5.32 Å². The van der Waals surface area contributed by atoms with E-state index in [-0.39, 0.29) is 17.9 Å². The molecule has 0 spiro atoms. The third kappa shape index (κ3) is 7.45. The van der Waals surface area contributed by atoms with E-state index < -0.39 is 10.1 Å². The molecule has 9 heteroatoms. The first kappa shape index (κ1) is 22.9. The van der Waals surface area contributed by atoms with Gasteiger partial charge in [0.05, 0.1) is 19.0 Å². The van der Waals surface area contributed by atoms with Crippen LogP contribution in [0.2, 0.25) is 0 Å². The van der Waals surface area contributed by atoms with Crippen LogP contribution in [0.1, 0.15) is 25.3 Å². The Hall–Kier alpha value is -2.78. The van der Waals surface area contributed by atoms with Crippen molar-refractivity contribution >= 4 is 21.8 Å². The molecule has 2 aromatic rings. The van der Waals surface area contributed by atoms with Gasteiger partial charge in [-0.25, -0.2) is 4.79 Å². The Morgan fingerprint density at radius 3 is 2.39 bits per heavy atom. The standard InChI is InChI=1S/C22H28N2O6S/c1-3-28-19-12-8-18(9-13-19)23-22(25)24(16-21-5-4-14-29-21)15-17-6-10-20(11-7-17)30-31(2,26)27/h6-13,21H,3-5,14-16H2,1-2H3,(H,23,25)/t21-/m1/s1. The van der Waals surface area contributed by atoms with Gasteiger partial charge < -0.3 is 23.9 Å². The highest BCUT2D eigenvalue weighted by Gasteiger charge is 2.23. The maximum Gasteiger partial charge on any atom is 0.322 e. The molecule has 2 amide bonds. The van der Waals surface area contributed by atoms with Crippen molar-refractivity contribution in [1.82, 2.24) is 4.90 Å². The first-order valence-electron chi connectivity index (χ1n) is 10.2. The van der Waals surface area contributed by atoms with Crippen LogP contribution in [0.25, 0.3) is 0 Å². The Bertz CT molecular complexity index is 955. The van der Waals surface area contributed by atoms with Crippen LogP contribution in [0.3, 0.4) is 0 Å². The van der Waals surface area contributed by atoms with Crippen molar-refractivity contribution in [3.63, 3.8) is 0 Å². The number of carbonyl (C=O) groups excluding carboxylic acids is 1. The highest BCUT2D eigenvalue weighted by Crippen LogP contribution is 2.20. The molecule has 0 aromatic heterocycles. The predicted molar refractivity (Wildman–Crippen MR) is 118 cm³/mol. The van der Waals surface area contributed by atoms with Gasteiger partial charge in [-0.2, -0.15) is 8.42 Å². The fraction of sp³-hybridized carbons (Fsp3) is 0.409. The zero-order chi connectivity index (χ0) is 22.3. The van der Waals surface area contributed by atoms with Gasteiger partial charge in [-0.05, 0) is 61.7 Å². The lowest BCUT2D eigenvalue weighted by Gasteiger charge is -2.26. The van der Waals surface area contributed by atoms with E-state index in [1.165, 1.54) is 0 Å². The molecule has 0 unspecified atom stereocenters. The summed E-state index contributed by atoms with van der Waals surface area (Å²) >= 11 is 0. The van der Waals surface area contributed by atoms with Crippen LogP contribution in [-0.2, 0) is 21.4 Å². The van der Waals surface area contributed by atoms with Crippen LogP contribution in [0.5, 0.6) is 11.5 Å². The van der Waals surface area contributed by atoms with Crippen molar-refractivity contribution in [3.8, 4) is 11.5 Å². The quantitative estimate of drug-likeness (QED) is 0.589. The summed E-state index contributed by atoms with van der Waals surface area (Å²) in [4.78, 5) is 14.7. The van der Waals surface area contributed by atoms with E-state index in [1.54, 1.807) is 41.3 Å². The lowest BCUT2D eigenvalue weighted by Crippen LogP contribution is -2.39. The van der Waals surface area contributed by atoms with Gasteiger partial charge in [-0.3, -0.25) is 0 Å². The van der Waals surface area contributed by atoms with Gasteiger partial charge in [0.25, 0.3) is 0 Å². The Kier molecular flexibility index (Phi) is 7.75. The molecule has 1 atom stereocenters. The number of carbonyl (C=O) groups is 1. The molecule has 1 heterocycles. The molecule has 31 heavy (non-hydrogen) atoms. The average Bonchev–Trinajstić information content (AvgIpc) is 3.23. The third-order valence-corrected chi connectivity index (χ3v) is 5.19. The Balaban J connectivity index is 1.68. The van der Waals surface area contributed by atoms with E-state index in [4.69, 9.17) is 13.7 Å². The van der Waals surface area contributed by atoms with Crippen LogP contribution in [-0.4, -0.2) is 51.5 Å². The monoisotopic (exact) mass is 448 g/mol. The molecule has 1 aliphatic rings. The van der Waals surface area contributed by atoms with Crippen molar-refractivity contribution in [1.29, 1.82) is 0 Å². The van der Waals surface area contributed by atoms with E-state index in [9.17, 15) is 13.2 Å². The molecule has 1 N–H and O–H groups in total. The molecule has 3 rings (SSSR count). The summed E-state index contributed by atoms with van der Waals surface area (Å²) in [5.74, 6) is 0.976. The lowest BCUT2D eigenvalue weighted by molar-refractivity contribution is 0.0819. The molecule has 0 bridgehead atoms. The molecule has 168 valence electrons. The smallest absolute Gasteiger partial charge is 0.322 e. The van der Waals surface area contributed by atoms with E-state index in [1.807, 2.05) is 19.1 Å². The van der Waals surface area contributed by atoms with Crippen LogP contribution < -0.4 is 14.2 Å². The number of nitrogens with one attached hydrogen (secondary N) is 1. The minimum Gasteiger partial charge on any atom is -0.494 e. The maximum absolute atomic E-state index is 13.0. The molecule has 2 aromatic carbocycles. The van der Waals surface area contributed by atoms with Crippen LogP contribution in [0.4, 0.5) is 10.5 Å². The Morgan fingerprint density at radius 1 is 1.13 bits per heavy atom. The third-order valence-electron chi connectivity index (χ3n) is 4.70. The topological polar surface area (TPSA) is 94.2 Å². The van der Waals surface area contributed by atoms with Crippen molar-refractivity contribution in [2.75, 3.05) is 31.3 Å². The van der Waals surface area contributed by atoms with Gasteiger partial charge in [-0.1, -0.05) is 12.1 Å². The number of benzene rings is 2. The molecule has 0 aliphatic carbocycles. The number of hydrogen-bond donors (Lipinski definition) is 1. The molecular weight excluding hydrogens is 420 g/mol. The van der Waals surface area contributed by atoms with Crippen molar-refractivity contribution < 1.29 is 26.9 Å². The summed E-state index contributed by atoms with van der Waals surface area (Å²) in [7, 11) is -3.58. The second kappa shape index (κ2) is 10.5. The predicted octanol–water partition coefficient (Wildman–Crippen LogP) is 3.64. The summed E-state index contributed by atoms with van der Waals surface area (Å²) in [5, 5.41) is 2.92. The lowest BCUT2D eigenvalue weighted by atomic mass is 10.2. The minimum atomic E-state index is -3.58. The number of nitrogens with zero attached hydrogens (tertiary/aromatic N) is 1. The van der Waals surface area contributed by atoms with Crippen molar-refractivity contribution in [3.05, 3.63) is 54.1 Å². The number of rotatable bonds is 9. The van der Waals surface area contributed by atoms with Gasteiger partial charge in [0.15, 0.2) is 0 Å². The molecule has 8 nitrogen and oxygen atoms in total. The summed E-state index contributed by atoms with van der Waals surface area (Å²) in [6.07, 6.45) is 2.89. The number of urea groups is 1. The zero-order valence-corrected chi connectivity index (χ0v) is 18.6. The molecule has 1 aliphatic heterocycles. The number of hydrogen-bond acceptors (Lipinski definition) is 6. The summed E-state index contributed by atoms with van der Waals surface area (Å²) in [6.45, 7) is 4.01. The van der Waals surface area contributed by atoms with Crippen LogP contribution in [0.15, 0.2) is 48.5 Å². The fourth-order valence-corrected chi connectivity index (χ4v) is 3.76. The largest absolute Gasteiger partial charge is 0.494 e. The Morgan fingerprint density at radius 2 is 1.81 bits per heavy atom. The molecule has 1 saturated heterocycles. The first-order valence-corrected chi connectivity index (χ1v) is 12.0. The van der Waals surface area contributed by atoms with E-state index in [0.29, 0.717) is 32.0 Å². The van der Waals surface area contributed by atoms with Crippen molar-refractivity contribution in [2.24, 2.45) is 0 Å². The SMILES string of the molecule is CCOc1ccc(NC(=O)N(Cc2ccc(OS(C)(=O)=O)cc2)C[C@H]2CCCO2)cc1. The number of anilines is 1. The van der Waals surface area contributed by atoms with Gasteiger partial charge in [0.2, 0.25) is 0 Å². The van der Waals surface area contributed by atoms with Crippen LogP contribution in [0, 0.1) is 0 Å². The first-order chi connectivity index (χ1) is 14.8. The average molecular weight is 449 g/mol. The minimum absolute atomic E-state index is 0.000999. The normalized spacial score (nSPS) is 16.0. The van der Waals surface area contributed by atoms with Gasteiger partial charge in [-0.15, -0.1) is 0 Å². The second-order valence-electron chi connectivity index (χ2n) is 7.33. The summed E-state index contributed by atoms with van der Waals surface area (Å²) in [6, 6.07) is 13.6. The van der Waals surface area contributed by atoms with Crippen LogP contribution >= 0.6 is 0 Å². The second-order valence-corrected chi connectivity index (χ2v) is 8.91. The van der Waals surface area contributed by atoms with Gasteiger partial charge in [0.1, 0.15) is 11.5 Å². The molecule has 0 saturated carbocycles. The summed E-state index contributed by atoms with van der Waals surface area (Å²) in [5.41, 5.74) is 1.52. The maximum atomic E-state index is 13.0. The highest BCUT2D eigenvalue weighted by molar-refractivity contribution is 7.86. The molecule has 1 fully saturated rings. The van der Waals surface area contributed by atoms with E-state index >= 15 is 0 Å². The number of amides is 2. The Labute approximate surface area is 183 Å². The number of ether oxygens (including phenoxy) is 2.